The van der Waals surface area contributed by atoms with E-state index in [2.05, 4.69) is 41.8 Å². The molecule has 0 atom stereocenters. The highest BCUT2D eigenvalue weighted by atomic mass is 32.1. The van der Waals surface area contributed by atoms with Gasteiger partial charge in [0.05, 0.1) is 22.4 Å². The van der Waals surface area contributed by atoms with Crippen LogP contribution in [0, 0.1) is 0 Å². The van der Waals surface area contributed by atoms with Gasteiger partial charge in [-0.15, -0.1) is 16.4 Å². The second-order valence-electron chi connectivity index (χ2n) is 11.4. The average molecular weight is 604 g/mol. The Morgan fingerprint density at radius 3 is 2.37 bits per heavy atom. The van der Waals surface area contributed by atoms with Crippen molar-refractivity contribution in [2.45, 2.75) is 78.4 Å². The summed E-state index contributed by atoms with van der Waals surface area (Å²) in [6.07, 6.45) is 3.21. The van der Waals surface area contributed by atoms with Crippen molar-refractivity contribution in [3.05, 3.63) is 82.2 Å². The number of ether oxygens (including phenoxy) is 1. The smallest absolute Gasteiger partial charge is 0.436 e. The van der Waals surface area contributed by atoms with Gasteiger partial charge in [-0.3, -0.25) is 9.59 Å². The van der Waals surface area contributed by atoms with Gasteiger partial charge in [0.15, 0.2) is 5.82 Å². The summed E-state index contributed by atoms with van der Waals surface area (Å²) >= 11 is 1.13. The van der Waals surface area contributed by atoms with Gasteiger partial charge >= 0.3 is 6.09 Å². The topological polar surface area (TPSA) is 114 Å². The van der Waals surface area contributed by atoms with E-state index in [1.165, 1.54) is 0 Å². The van der Waals surface area contributed by atoms with E-state index in [0.29, 0.717) is 33.2 Å². The van der Waals surface area contributed by atoms with E-state index < -0.39 is 11.6 Å². The number of hydrogen-bond acceptors (Lipinski definition) is 7. The van der Waals surface area contributed by atoms with Gasteiger partial charge in [0.1, 0.15) is 4.83 Å². The van der Waals surface area contributed by atoms with Gasteiger partial charge in [-0.25, -0.2) is 4.79 Å². The Kier molecular flexibility index (Phi) is 10.7. The summed E-state index contributed by atoms with van der Waals surface area (Å²) in [5.41, 5.74) is 1.84. The lowest BCUT2D eigenvalue weighted by Gasteiger charge is -2.26. The van der Waals surface area contributed by atoms with Crippen LogP contribution in [0.5, 0.6) is 0 Å². The molecule has 0 saturated carbocycles. The number of anilines is 1. The molecule has 9 nitrogen and oxygen atoms in total. The van der Waals surface area contributed by atoms with Gasteiger partial charge in [0, 0.05) is 18.2 Å². The zero-order valence-electron chi connectivity index (χ0n) is 25.5. The number of benzene rings is 2. The maximum atomic E-state index is 13.4. The normalized spacial score (nSPS) is 11.6. The van der Waals surface area contributed by atoms with Crippen LogP contribution in [0.2, 0.25) is 0 Å². The lowest BCUT2D eigenvalue weighted by atomic mass is 9.94. The van der Waals surface area contributed by atoms with E-state index in [-0.39, 0.29) is 24.2 Å². The third-order valence-electron chi connectivity index (χ3n) is 7.06. The number of nitrogens with zero attached hydrogens (tertiary/aromatic N) is 2. The highest BCUT2D eigenvalue weighted by molar-refractivity contribution is 7.20. The molecule has 3 N–H and O–H groups in total. The summed E-state index contributed by atoms with van der Waals surface area (Å²) in [5, 5.41) is 14.2. The molecule has 2 aromatic carbocycles. The van der Waals surface area contributed by atoms with Crippen LogP contribution in [0.3, 0.4) is 0 Å². The Bertz CT molecular complexity index is 1540. The standard InChI is InChI=1S/C33H41N5O4S/c1-6-7-8-12-19-42-32(41)38-31-26(20-27(43-31)30(40)36-33(4,5)25-13-10-9-11-14-25)28(37-38)35-29(39)24-17-15-23(16-18-24)21-34-22(2)3/h9-11,13-18,20,22,34H,6-8,12,19,21H2,1-5H3,(H,36,40)(H,35,37,39). The largest absolute Gasteiger partial charge is 0.448 e. The number of carbonyl (C=O) groups is 3. The lowest BCUT2D eigenvalue weighted by molar-refractivity contribution is 0.0915. The minimum atomic E-state index is -0.651. The molecule has 0 aliphatic carbocycles. The van der Waals surface area contributed by atoms with Gasteiger partial charge in [-0.2, -0.15) is 4.68 Å². The molecule has 0 bridgehead atoms. The molecule has 2 aromatic heterocycles. The van der Waals surface area contributed by atoms with Gasteiger partial charge in [0.25, 0.3) is 11.8 Å². The molecule has 2 amide bonds. The zero-order valence-corrected chi connectivity index (χ0v) is 26.3. The number of hydrogen-bond donors (Lipinski definition) is 3. The third-order valence-corrected chi connectivity index (χ3v) is 8.17. The molecule has 10 heteroatoms. The van der Waals surface area contributed by atoms with Crippen molar-refractivity contribution in [2.24, 2.45) is 0 Å². The summed E-state index contributed by atoms with van der Waals surface area (Å²) in [6.45, 7) is 11.1. The second-order valence-corrected chi connectivity index (χ2v) is 12.4. The first kappa shape index (κ1) is 31.9. The summed E-state index contributed by atoms with van der Waals surface area (Å²) < 4.78 is 6.63. The Hall–Kier alpha value is -4.02. The summed E-state index contributed by atoms with van der Waals surface area (Å²) in [4.78, 5) is 40.5. The number of aromatic nitrogens is 2. The molecular formula is C33H41N5O4S. The third kappa shape index (κ3) is 8.30. The molecule has 0 fully saturated rings. The number of amides is 2. The van der Waals surface area contributed by atoms with Crippen molar-refractivity contribution >= 4 is 45.3 Å². The minimum Gasteiger partial charge on any atom is -0.448 e. The molecule has 0 aliphatic heterocycles. The number of fused-ring (bicyclic) bond motifs is 1. The van der Waals surface area contributed by atoms with Crippen LogP contribution in [0.15, 0.2) is 60.7 Å². The highest BCUT2D eigenvalue weighted by Gasteiger charge is 2.27. The van der Waals surface area contributed by atoms with E-state index in [1.807, 2.05) is 56.3 Å². The lowest BCUT2D eigenvalue weighted by Crippen LogP contribution is -2.40. The molecule has 0 saturated heterocycles. The van der Waals surface area contributed by atoms with Crippen LogP contribution in [0.1, 0.15) is 91.5 Å². The minimum absolute atomic E-state index is 0.186. The summed E-state index contributed by atoms with van der Waals surface area (Å²) in [6, 6.07) is 19.0. The quantitative estimate of drug-likeness (QED) is 0.141. The van der Waals surface area contributed by atoms with Crippen LogP contribution in [-0.4, -0.2) is 40.3 Å². The van der Waals surface area contributed by atoms with Gasteiger partial charge in [-0.1, -0.05) is 82.5 Å². The maximum absolute atomic E-state index is 13.4. The molecule has 0 aliphatic rings. The molecule has 43 heavy (non-hydrogen) atoms. The first-order chi connectivity index (χ1) is 20.6. The fourth-order valence-corrected chi connectivity index (χ4v) is 5.53. The van der Waals surface area contributed by atoms with Crippen molar-refractivity contribution in [1.82, 2.24) is 20.4 Å². The van der Waals surface area contributed by atoms with Gasteiger partial charge in [-0.05, 0) is 49.6 Å². The molecule has 0 spiro atoms. The molecule has 4 rings (SSSR count). The molecule has 0 radical (unpaired) electrons. The molecule has 4 aromatic rings. The SMILES string of the molecule is CCCCCCOC(=O)n1nc(NC(=O)c2ccc(CNC(C)C)cc2)c2cc(C(=O)NC(C)(C)c3ccccc3)sc21. The first-order valence-corrected chi connectivity index (χ1v) is 15.6. The van der Waals surface area contributed by atoms with Gasteiger partial charge < -0.3 is 20.7 Å². The predicted octanol–water partition coefficient (Wildman–Crippen LogP) is 7.08. The number of unbranched alkanes of at least 4 members (excludes halogenated alkanes) is 3. The van der Waals surface area contributed by atoms with Crippen LogP contribution in [0.25, 0.3) is 10.2 Å². The van der Waals surface area contributed by atoms with Crippen LogP contribution in [0.4, 0.5) is 10.6 Å². The van der Waals surface area contributed by atoms with Crippen molar-refractivity contribution in [3.63, 3.8) is 0 Å². The first-order valence-electron chi connectivity index (χ1n) is 14.8. The summed E-state index contributed by atoms with van der Waals surface area (Å²) in [7, 11) is 0. The van der Waals surface area contributed by atoms with Crippen molar-refractivity contribution in [3.8, 4) is 0 Å². The zero-order chi connectivity index (χ0) is 31.0. The maximum Gasteiger partial charge on any atom is 0.436 e. The van der Waals surface area contributed by atoms with Crippen molar-refractivity contribution in [1.29, 1.82) is 0 Å². The fraction of sp³-hybridized carbons (Fsp3) is 0.394. The fourth-order valence-electron chi connectivity index (χ4n) is 4.53. The Morgan fingerprint density at radius 1 is 0.977 bits per heavy atom. The Morgan fingerprint density at radius 2 is 1.70 bits per heavy atom. The predicted molar refractivity (Wildman–Crippen MR) is 172 cm³/mol. The molecular weight excluding hydrogens is 562 g/mol. The average Bonchev–Trinajstić information content (AvgIpc) is 3.57. The molecule has 228 valence electrons. The second kappa shape index (κ2) is 14.4. The van der Waals surface area contributed by atoms with E-state index >= 15 is 0 Å². The Balaban J connectivity index is 1.58. The highest BCUT2D eigenvalue weighted by Crippen LogP contribution is 2.33. The number of thiophene rings is 1. The van der Waals surface area contributed by atoms with Crippen molar-refractivity contribution < 1.29 is 19.1 Å². The molecule has 0 unspecified atom stereocenters. The van der Waals surface area contributed by atoms with E-state index in [4.69, 9.17) is 4.74 Å². The van der Waals surface area contributed by atoms with Crippen LogP contribution in [-0.2, 0) is 16.8 Å². The van der Waals surface area contributed by atoms with Gasteiger partial charge in [0.2, 0.25) is 0 Å². The molecule has 2 heterocycles. The monoisotopic (exact) mass is 603 g/mol. The van der Waals surface area contributed by atoms with E-state index in [9.17, 15) is 14.4 Å². The van der Waals surface area contributed by atoms with Crippen LogP contribution < -0.4 is 16.0 Å². The van der Waals surface area contributed by atoms with E-state index in [1.54, 1.807) is 18.2 Å². The Labute approximate surface area is 257 Å². The number of rotatable bonds is 13. The van der Waals surface area contributed by atoms with Crippen molar-refractivity contribution in [2.75, 3.05) is 11.9 Å². The summed E-state index contributed by atoms with van der Waals surface area (Å²) in [5.74, 6) is -0.478. The van der Waals surface area contributed by atoms with Crippen LogP contribution >= 0.6 is 11.3 Å². The number of carbonyl (C=O) groups excluding carboxylic acids is 3. The number of nitrogens with one attached hydrogen (secondary N) is 3. The van der Waals surface area contributed by atoms with E-state index in [0.717, 1.165) is 52.8 Å².